The SMILES string of the molecule is Cc1cc(C)c(CCN(C)C/C=C/C(=O)O)cc1C. The number of aliphatic carboxylic acids is 1. The molecule has 0 aromatic heterocycles. The second kappa shape index (κ2) is 7.10. The van der Waals surface area contributed by atoms with Crippen LogP contribution in [0.4, 0.5) is 0 Å². The lowest BCUT2D eigenvalue weighted by Crippen LogP contribution is -2.21. The number of rotatable bonds is 6. The molecule has 0 saturated carbocycles. The van der Waals surface area contributed by atoms with Crippen LogP contribution in [0.2, 0.25) is 0 Å². The Morgan fingerprint density at radius 1 is 1.21 bits per heavy atom. The fourth-order valence-corrected chi connectivity index (χ4v) is 2.03. The Kier molecular flexibility index (Phi) is 5.77. The number of hydrogen-bond acceptors (Lipinski definition) is 2. The van der Waals surface area contributed by atoms with Crippen molar-refractivity contribution in [2.45, 2.75) is 27.2 Å². The van der Waals surface area contributed by atoms with Gasteiger partial charge in [-0.25, -0.2) is 4.79 Å². The smallest absolute Gasteiger partial charge is 0.328 e. The van der Waals surface area contributed by atoms with E-state index >= 15 is 0 Å². The third-order valence-corrected chi connectivity index (χ3v) is 3.39. The van der Waals surface area contributed by atoms with Crippen molar-refractivity contribution in [1.29, 1.82) is 0 Å². The van der Waals surface area contributed by atoms with Crippen LogP contribution in [0.25, 0.3) is 0 Å². The highest BCUT2D eigenvalue weighted by Gasteiger charge is 2.03. The normalized spacial score (nSPS) is 11.4. The summed E-state index contributed by atoms with van der Waals surface area (Å²) in [6.45, 7) is 8.00. The average Bonchev–Trinajstić information content (AvgIpc) is 2.31. The molecule has 0 bridgehead atoms. The first-order valence-corrected chi connectivity index (χ1v) is 6.55. The van der Waals surface area contributed by atoms with E-state index in [1.165, 1.54) is 28.3 Å². The molecule has 3 nitrogen and oxygen atoms in total. The standard InChI is InChI=1S/C16H23NO2/c1-12-10-14(3)15(11-13(12)2)7-9-17(4)8-5-6-16(18)19/h5-6,10-11H,7-9H2,1-4H3,(H,18,19)/b6-5+. The molecule has 1 aromatic carbocycles. The number of carbonyl (C=O) groups is 1. The van der Waals surface area contributed by atoms with E-state index in [0.29, 0.717) is 6.54 Å². The van der Waals surface area contributed by atoms with E-state index in [1.54, 1.807) is 6.08 Å². The summed E-state index contributed by atoms with van der Waals surface area (Å²) in [5.41, 5.74) is 5.36. The summed E-state index contributed by atoms with van der Waals surface area (Å²) in [7, 11) is 2.00. The van der Waals surface area contributed by atoms with Crippen molar-refractivity contribution in [3.8, 4) is 0 Å². The van der Waals surface area contributed by atoms with Gasteiger partial charge in [0, 0.05) is 19.2 Å². The first-order chi connectivity index (χ1) is 8.90. The molecule has 1 N–H and O–H groups in total. The zero-order valence-corrected chi connectivity index (χ0v) is 12.2. The fraction of sp³-hybridized carbons (Fsp3) is 0.438. The van der Waals surface area contributed by atoms with Gasteiger partial charge < -0.3 is 10.0 Å². The van der Waals surface area contributed by atoms with E-state index in [2.05, 4.69) is 37.8 Å². The molecule has 0 heterocycles. The summed E-state index contributed by atoms with van der Waals surface area (Å²) < 4.78 is 0. The summed E-state index contributed by atoms with van der Waals surface area (Å²) in [6.07, 6.45) is 3.86. The van der Waals surface area contributed by atoms with Crippen LogP contribution in [0, 0.1) is 20.8 Å². The molecule has 0 atom stereocenters. The van der Waals surface area contributed by atoms with Crippen LogP contribution >= 0.6 is 0 Å². The Labute approximate surface area is 115 Å². The molecule has 0 radical (unpaired) electrons. The first kappa shape index (κ1) is 15.4. The van der Waals surface area contributed by atoms with Gasteiger partial charge in [0.05, 0.1) is 0 Å². The number of nitrogens with zero attached hydrogens (tertiary/aromatic N) is 1. The lowest BCUT2D eigenvalue weighted by molar-refractivity contribution is -0.131. The molecule has 0 aliphatic heterocycles. The lowest BCUT2D eigenvalue weighted by atomic mass is 9.99. The molecule has 0 spiro atoms. The minimum absolute atomic E-state index is 0.663. The molecule has 1 aromatic rings. The summed E-state index contributed by atoms with van der Waals surface area (Å²) in [4.78, 5) is 12.5. The van der Waals surface area contributed by atoms with E-state index in [1.807, 2.05) is 7.05 Å². The maximum atomic E-state index is 10.4. The van der Waals surface area contributed by atoms with Gasteiger partial charge in [-0.1, -0.05) is 18.2 Å². The van der Waals surface area contributed by atoms with Gasteiger partial charge in [0.25, 0.3) is 0 Å². The number of benzene rings is 1. The minimum Gasteiger partial charge on any atom is -0.478 e. The Morgan fingerprint density at radius 2 is 1.84 bits per heavy atom. The highest BCUT2D eigenvalue weighted by Crippen LogP contribution is 2.15. The Morgan fingerprint density at radius 3 is 2.47 bits per heavy atom. The van der Waals surface area contributed by atoms with Crippen LogP contribution < -0.4 is 0 Å². The van der Waals surface area contributed by atoms with Crippen LogP contribution in [-0.4, -0.2) is 36.1 Å². The largest absolute Gasteiger partial charge is 0.478 e. The zero-order chi connectivity index (χ0) is 14.4. The molecular weight excluding hydrogens is 238 g/mol. The van der Waals surface area contributed by atoms with Gasteiger partial charge in [-0.15, -0.1) is 0 Å². The quantitative estimate of drug-likeness (QED) is 0.800. The van der Waals surface area contributed by atoms with E-state index in [9.17, 15) is 4.79 Å². The van der Waals surface area contributed by atoms with Crippen molar-refractivity contribution in [2.75, 3.05) is 20.1 Å². The van der Waals surface area contributed by atoms with Gasteiger partial charge in [0.2, 0.25) is 0 Å². The van der Waals surface area contributed by atoms with Crippen LogP contribution in [0.3, 0.4) is 0 Å². The van der Waals surface area contributed by atoms with Crippen molar-refractivity contribution in [2.24, 2.45) is 0 Å². The summed E-state index contributed by atoms with van der Waals surface area (Å²) in [6, 6.07) is 4.49. The Balaban J connectivity index is 2.52. The summed E-state index contributed by atoms with van der Waals surface area (Å²) in [5, 5.41) is 8.52. The van der Waals surface area contributed by atoms with Gasteiger partial charge in [-0.05, 0) is 56.5 Å². The van der Waals surface area contributed by atoms with E-state index in [-0.39, 0.29) is 0 Å². The average molecular weight is 261 g/mol. The molecule has 0 amide bonds. The molecule has 19 heavy (non-hydrogen) atoms. The van der Waals surface area contributed by atoms with Crippen molar-refractivity contribution >= 4 is 5.97 Å². The number of aryl methyl sites for hydroxylation is 3. The van der Waals surface area contributed by atoms with Crippen molar-refractivity contribution in [3.63, 3.8) is 0 Å². The fourth-order valence-electron chi connectivity index (χ4n) is 2.03. The zero-order valence-electron chi connectivity index (χ0n) is 12.2. The summed E-state index contributed by atoms with van der Waals surface area (Å²) in [5.74, 6) is -0.890. The predicted octanol–water partition coefficient (Wildman–Crippen LogP) is 2.73. The minimum atomic E-state index is -0.890. The molecule has 0 saturated heterocycles. The molecule has 3 heteroatoms. The van der Waals surface area contributed by atoms with E-state index in [0.717, 1.165) is 13.0 Å². The topological polar surface area (TPSA) is 40.5 Å². The number of likely N-dealkylation sites (N-methyl/N-ethyl adjacent to an activating group) is 1. The van der Waals surface area contributed by atoms with E-state index < -0.39 is 5.97 Å². The predicted molar refractivity (Wildman–Crippen MR) is 78.6 cm³/mol. The third-order valence-electron chi connectivity index (χ3n) is 3.39. The Hall–Kier alpha value is -1.61. The lowest BCUT2D eigenvalue weighted by Gasteiger charge is -2.16. The summed E-state index contributed by atoms with van der Waals surface area (Å²) >= 11 is 0. The second-order valence-electron chi connectivity index (χ2n) is 5.12. The molecule has 104 valence electrons. The van der Waals surface area contributed by atoms with Crippen molar-refractivity contribution in [1.82, 2.24) is 4.90 Å². The molecule has 1 rings (SSSR count). The van der Waals surface area contributed by atoms with Gasteiger partial charge in [0.15, 0.2) is 0 Å². The van der Waals surface area contributed by atoms with Crippen LogP contribution in [0.15, 0.2) is 24.3 Å². The Bertz CT molecular complexity index is 478. The molecular formula is C16H23NO2. The molecule has 0 fully saturated rings. The number of carboxylic acid groups (broad SMARTS) is 1. The highest BCUT2D eigenvalue weighted by atomic mass is 16.4. The first-order valence-electron chi connectivity index (χ1n) is 6.55. The maximum Gasteiger partial charge on any atom is 0.328 e. The van der Waals surface area contributed by atoms with Crippen LogP contribution in [0.5, 0.6) is 0 Å². The van der Waals surface area contributed by atoms with Crippen LogP contribution in [-0.2, 0) is 11.2 Å². The van der Waals surface area contributed by atoms with E-state index in [4.69, 9.17) is 5.11 Å². The molecule has 0 aliphatic rings. The second-order valence-corrected chi connectivity index (χ2v) is 5.12. The van der Waals surface area contributed by atoms with Gasteiger partial charge in [-0.2, -0.15) is 0 Å². The van der Waals surface area contributed by atoms with Crippen molar-refractivity contribution in [3.05, 3.63) is 46.5 Å². The van der Waals surface area contributed by atoms with Crippen LogP contribution in [0.1, 0.15) is 22.3 Å². The highest BCUT2D eigenvalue weighted by molar-refractivity contribution is 5.79. The van der Waals surface area contributed by atoms with Gasteiger partial charge in [-0.3, -0.25) is 0 Å². The number of carboxylic acids is 1. The van der Waals surface area contributed by atoms with Gasteiger partial charge >= 0.3 is 5.97 Å². The van der Waals surface area contributed by atoms with Gasteiger partial charge in [0.1, 0.15) is 0 Å². The maximum absolute atomic E-state index is 10.4. The van der Waals surface area contributed by atoms with Crippen molar-refractivity contribution < 1.29 is 9.90 Å². The molecule has 0 unspecified atom stereocenters. The molecule has 0 aliphatic carbocycles. The monoisotopic (exact) mass is 261 g/mol. The third kappa shape index (κ3) is 5.26. The number of hydrogen-bond donors (Lipinski definition) is 1.